The smallest absolute Gasteiger partial charge is 0.323 e. The van der Waals surface area contributed by atoms with E-state index in [4.69, 9.17) is 0 Å². The normalized spacial score (nSPS) is 25.7. The highest BCUT2D eigenvalue weighted by molar-refractivity contribution is 6.24. The van der Waals surface area contributed by atoms with Crippen molar-refractivity contribution in [2.24, 2.45) is 0 Å². The Hall–Kier alpha value is -3.76. The second-order valence-corrected chi connectivity index (χ2v) is 16.6. The Morgan fingerprint density at radius 3 is 1.28 bits per heavy atom. The molecule has 0 atom stereocenters. The molecule has 2 spiro atoms. The van der Waals surface area contributed by atoms with Crippen molar-refractivity contribution in [3.8, 4) is 0 Å². The maximum absolute atomic E-state index is 13.9. The number of carbonyl (C=O) groups excluding carboxylic acids is 4. The third kappa shape index (κ3) is 5.29. The Morgan fingerprint density at radius 2 is 0.913 bits per heavy atom. The molecule has 10 heteroatoms. The Bertz CT molecular complexity index is 1570. The summed E-state index contributed by atoms with van der Waals surface area (Å²) < 4.78 is 0. The highest BCUT2D eigenvalue weighted by atomic mass is 16.2. The van der Waals surface area contributed by atoms with Crippen LogP contribution in [0, 0.1) is 0 Å². The van der Waals surface area contributed by atoms with Crippen molar-refractivity contribution in [2.45, 2.75) is 121 Å². The molecule has 10 nitrogen and oxygen atoms in total. The zero-order valence-electron chi connectivity index (χ0n) is 28.6. The van der Waals surface area contributed by atoms with Crippen LogP contribution in [0.3, 0.4) is 0 Å². The highest BCUT2D eigenvalue weighted by Crippen LogP contribution is 2.46. The predicted octanol–water partition coefficient (Wildman–Crippen LogP) is 5.09. The Labute approximate surface area is 272 Å². The maximum Gasteiger partial charge on any atom is 0.329 e. The third-order valence-corrected chi connectivity index (χ3v) is 10.6. The summed E-state index contributed by atoms with van der Waals surface area (Å²) in [7, 11) is 2.08. The van der Waals surface area contributed by atoms with E-state index < -0.39 is 17.1 Å². The molecule has 246 valence electrons. The fraction of sp³-hybridized carbons (Fsp3) is 0.556. The molecule has 0 radical (unpaired) electrons. The van der Waals surface area contributed by atoms with E-state index in [1.54, 1.807) is 0 Å². The number of imide groups is 2. The third-order valence-electron chi connectivity index (χ3n) is 10.6. The van der Waals surface area contributed by atoms with E-state index in [9.17, 15) is 19.2 Å². The van der Waals surface area contributed by atoms with Crippen LogP contribution in [0.1, 0.15) is 92.2 Å². The second-order valence-electron chi connectivity index (χ2n) is 16.6. The largest absolute Gasteiger partial charge is 0.329 e. The number of likely N-dealkylation sites (tertiary alicyclic amines) is 1. The molecule has 6 amide bonds. The summed E-state index contributed by atoms with van der Waals surface area (Å²) in [6, 6.07) is 14.2. The zero-order chi connectivity index (χ0) is 33.7. The van der Waals surface area contributed by atoms with Crippen molar-refractivity contribution < 1.29 is 19.2 Å². The molecule has 0 aromatic heterocycles. The first-order valence-electron chi connectivity index (χ1n) is 16.2. The van der Waals surface area contributed by atoms with Crippen LogP contribution in [0.4, 0.5) is 21.0 Å². The van der Waals surface area contributed by atoms with Gasteiger partial charge in [-0.2, -0.15) is 0 Å². The van der Waals surface area contributed by atoms with Gasteiger partial charge in [0.25, 0.3) is 11.8 Å². The van der Waals surface area contributed by atoms with Crippen LogP contribution in [-0.4, -0.2) is 69.1 Å². The average Bonchev–Trinajstić information content (AvgIpc) is 3.27. The highest BCUT2D eigenvalue weighted by Gasteiger charge is 2.61. The van der Waals surface area contributed by atoms with Crippen LogP contribution in [-0.2, 0) is 16.0 Å². The van der Waals surface area contributed by atoms with E-state index >= 15 is 0 Å². The lowest BCUT2D eigenvalue weighted by atomic mass is 9.69. The minimum absolute atomic E-state index is 0.200. The first-order valence-corrected chi connectivity index (χ1v) is 16.2. The molecule has 4 aliphatic rings. The van der Waals surface area contributed by atoms with Gasteiger partial charge in [0.1, 0.15) is 11.1 Å². The van der Waals surface area contributed by atoms with Crippen LogP contribution in [0.15, 0.2) is 48.5 Å². The van der Waals surface area contributed by atoms with Crippen molar-refractivity contribution in [2.75, 3.05) is 16.8 Å². The maximum atomic E-state index is 13.9. The molecule has 0 aliphatic carbocycles. The molecule has 4 fully saturated rings. The van der Waals surface area contributed by atoms with Crippen molar-refractivity contribution in [1.82, 2.24) is 20.9 Å². The van der Waals surface area contributed by atoms with Crippen molar-refractivity contribution >= 4 is 35.3 Å². The Kier molecular flexibility index (Phi) is 7.08. The molecular weight excluding hydrogens is 580 g/mol. The van der Waals surface area contributed by atoms with Crippen molar-refractivity contribution in [3.05, 3.63) is 59.7 Å². The van der Waals surface area contributed by atoms with E-state index in [0.717, 1.165) is 11.1 Å². The van der Waals surface area contributed by atoms with Gasteiger partial charge in [-0.3, -0.25) is 14.5 Å². The van der Waals surface area contributed by atoms with E-state index in [1.807, 2.05) is 48.5 Å². The quantitative estimate of drug-likeness (QED) is 0.407. The fourth-order valence-electron chi connectivity index (χ4n) is 9.12. The summed E-state index contributed by atoms with van der Waals surface area (Å²) in [6.07, 6.45) is 2.70. The van der Waals surface area contributed by atoms with Gasteiger partial charge in [0.05, 0.1) is 11.4 Å². The SMILES string of the molecule is CN1C(C)(C)CC2(CC1(C)C)NC(=O)N(c1ccc(Cc3ccc(N4C(=O)NC5(CC(C)(C)NC(C)(C)C5)C4=O)cc3)cc1)C2=O. The summed E-state index contributed by atoms with van der Waals surface area (Å²) in [5, 5.41) is 9.69. The van der Waals surface area contributed by atoms with Gasteiger partial charge in [0.15, 0.2) is 0 Å². The number of benzene rings is 2. The molecule has 0 saturated carbocycles. The standard InChI is InChI=1S/C36H48N6O4/c1-31(2)19-35(20-32(3,4)39-31)27(43)41(29(45)37-35)25-14-10-23(11-15-25)18-24-12-16-26(17-13-24)42-28(44)36(38-30(42)46)21-33(5,6)40(9)34(7,8)22-36/h10-17,39H,18-22H2,1-9H3,(H,37,45)(H,38,46). The van der Waals surface area contributed by atoms with Crippen LogP contribution in [0.25, 0.3) is 0 Å². The number of amides is 6. The average molecular weight is 629 g/mol. The van der Waals surface area contributed by atoms with E-state index in [-0.39, 0.29) is 40.0 Å². The van der Waals surface area contributed by atoms with Gasteiger partial charge in [-0.15, -0.1) is 0 Å². The molecule has 6 rings (SSSR count). The topological polar surface area (TPSA) is 114 Å². The van der Waals surface area contributed by atoms with Crippen molar-refractivity contribution in [3.63, 3.8) is 0 Å². The molecule has 0 bridgehead atoms. The van der Waals surface area contributed by atoms with Crippen LogP contribution in [0.5, 0.6) is 0 Å². The van der Waals surface area contributed by atoms with Crippen LogP contribution in [0.2, 0.25) is 0 Å². The zero-order valence-corrected chi connectivity index (χ0v) is 28.6. The molecule has 46 heavy (non-hydrogen) atoms. The van der Waals surface area contributed by atoms with E-state index in [2.05, 4.69) is 83.3 Å². The lowest BCUT2D eigenvalue weighted by Crippen LogP contribution is -2.68. The molecule has 2 aromatic carbocycles. The van der Waals surface area contributed by atoms with Gasteiger partial charge >= 0.3 is 12.1 Å². The summed E-state index contributed by atoms with van der Waals surface area (Å²) in [5.74, 6) is -0.410. The summed E-state index contributed by atoms with van der Waals surface area (Å²) in [6.45, 7) is 16.7. The number of hydrogen-bond acceptors (Lipinski definition) is 6. The minimum Gasteiger partial charge on any atom is -0.323 e. The minimum atomic E-state index is -0.942. The number of rotatable bonds is 4. The number of urea groups is 2. The predicted molar refractivity (Wildman–Crippen MR) is 179 cm³/mol. The number of carbonyl (C=O) groups is 4. The molecule has 4 saturated heterocycles. The Balaban J connectivity index is 1.15. The van der Waals surface area contributed by atoms with Gasteiger partial charge in [0, 0.05) is 22.2 Å². The van der Waals surface area contributed by atoms with Gasteiger partial charge in [-0.05, 0) is 130 Å². The number of anilines is 2. The summed E-state index contributed by atoms with van der Waals surface area (Å²) >= 11 is 0. The Morgan fingerprint density at radius 1 is 0.565 bits per heavy atom. The first-order chi connectivity index (χ1) is 21.2. The number of nitrogens with one attached hydrogen (secondary N) is 3. The molecule has 0 unspecified atom stereocenters. The molecule has 2 aromatic rings. The molecule has 4 heterocycles. The monoisotopic (exact) mass is 628 g/mol. The number of piperidine rings is 2. The number of hydrogen-bond donors (Lipinski definition) is 3. The first kappa shape index (κ1) is 32.2. The van der Waals surface area contributed by atoms with Crippen molar-refractivity contribution in [1.29, 1.82) is 0 Å². The molecule has 3 N–H and O–H groups in total. The van der Waals surface area contributed by atoms with Gasteiger partial charge in [-0.25, -0.2) is 19.4 Å². The van der Waals surface area contributed by atoms with E-state index in [0.29, 0.717) is 43.5 Å². The lowest BCUT2D eigenvalue weighted by Gasteiger charge is -2.56. The molecular formula is C36H48N6O4. The number of nitrogens with zero attached hydrogens (tertiary/aromatic N) is 3. The molecule has 4 aliphatic heterocycles. The lowest BCUT2D eigenvalue weighted by molar-refractivity contribution is -0.130. The summed E-state index contributed by atoms with van der Waals surface area (Å²) in [4.78, 5) is 58.8. The van der Waals surface area contributed by atoms with Gasteiger partial charge < -0.3 is 16.0 Å². The van der Waals surface area contributed by atoms with Gasteiger partial charge in [0.2, 0.25) is 0 Å². The van der Waals surface area contributed by atoms with Crippen LogP contribution < -0.4 is 25.8 Å². The fourth-order valence-corrected chi connectivity index (χ4v) is 9.12. The van der Waals surface area contributed by atoms with E-state index in [1.165, 1.54) is 9.80 Å². The van der Waals surface area contributed by atoms with Gasteiger partial charge in [-0.1, -0.05) is 24.3 Å². The van der Waals surface area contributed by atoms with Crippen LogP contribution >= 0.6 is 0 Å². The second kappa shape index (κ2) is 10.1. The summed E-state index contributed by atoms with van der Waals surface area (Å²) in [5.41, 5.74) is 0.0591.